The zero-order valence-corrected chi connectivity index (χ0v) is 16.2. The first-order valence-corrected chi connectivity index (χ1v) is 9.83. The molecule has 0 aliphatic heterocycles. The molecule has 140 valence electrons. The molecule has 27 heavy (non-hydrogen) atoms. The van der Waals surface area contributed by atoms with E-state index in [1.165, 1.54) is 30.4 Å². The van der Waals surface area contributed by atoms with Gasteiger partial charge in [-0.3, -0.25) is 4.72 Å². The molecule has 1 aromatic heterocycles. The van der Waals surface area contributed by atoms with Crippen LogP contribution in [-0.2, 0) is 10.0 Å². The number of methoxy groups -OCH3 is 1. The maximum absolute atomic E-state index is 12.4. The molecule has 2 aromatic carbocycles. The summed E-state index contributed by atoms with van der Waals surface area (Å²) in [5.41, 5.74) is 4.14. The molecular weight excluding hydrogens is 362 g/mol. The summed E-state index contributed by atoms with van der Waals surface area (Å²) >= 11 is 0. The molecule has 0 radical (unpaired) electrons. The highest BCUT2D eigenvalue weighted by molar-refractivity contribution is 7.92. The molecule has 0 saturated heterocycles. The average molecular weight is 383 g/mol. The van der Waals surface area contributed by atoms with Gasteiger partial charge in [-0.05, 0) is 73.5 Å². The molecule has 2 N–H and O–H groups in total. The Bertz CT molecular complexity index is 1030. The predicted molar refractivity (Wildman–Crippen MR) is 107 cm³/mol. The first kappa shape index (κ1) is 18.7. The average Bonchev–Trinajstić information content (AvgIpc) is 2.66. The maximum atomic E-state index is 12.4. The summed E-state index contributed by atoms with van der Waals surface area (Å²) in [6.07, 6.45) is 1.58. The zero-order chi connectivity index (χ0) is 19.4. The second-order valence-corrected chi connectivity index (χ2v) is 7.82. The second-order valence-electron chi connectivity index (χ2n) is 6.14. The highest BCUT2D eigenvalue weighted by atomic mass is 32.2. The van der Waals surface area contributed by atoms with Crippen molar-refractivity contribution in [3.63, 3.8) is 0 Å². The fourth-order valence-electron chi connectivity index (χ4n) is 2.47. The van der Waals surface area contributed by atoms with E-state index in [2.05, 4.69) is 34.9 Å². The Balaban J connectivity index is 1.71. The lowest BCUT2D eigenvalue weighted by Gasteiger charge is -2.10. The van der Waals surface area contributed by atoms with Gasteiger partial charge >= 0.3 is 0 Å². The highest BCUT2D eigenvalue weighted by Gasteiger charge is 2.14. The maximum Gasteiger partial charge on any atom is 0.263 e. The second kappa shape index (κ2) is 7.67. The predicted octanol–water partition coefficient (Wildman–Crippen LogP) is 4.25. The van der Waals surface area contributed by atoms with Gasteiger partial charge in [0, 0.05) is 5.69 Å². The Morgan fingerprint density at radius 2 is 1.59 bits per heavy atom. The Morgan fingerprint density at radius 1 is 0.889 bits per heavy atom. The van der Waals surface area contributed by atoms with Crippen LogP contribution in [0.5, 0.6) is 5.75 Å². The van der Waals surface area contributed by atoms with Crippen molar-refractivity contribution >= 4 is 27.2 Å². The van der Waals surface area contributed by atoms with Gasteiger partial charge in [-0.2, -0.15) is 0 Å². The van der Waals surface area contributed by atoms with Gasteiger partial charge in [0.15, 0.2) is 0 Å². The van der Waals surface area contributed by atoms with Crippen molar-refractivity contribution in [2.75, 3.05) is 17.1 Å². The molecular formula is C20H21N3O3S. The normalized spacial score (nSPS) is 11.1. The number of nitrogens with zero attached hydrogens (tertiary/aromatic N) is 1. The lowest BCUT2D eigenvalue weighted by atomic mass is 10.1. The van der Waals surface area contributed by atoms with E-state index >= 15 is 0 Å². The van der Waals surface area contributed by atoms with Crippen LogP contribution in [0.15, 0.2) is 65.7 Å². The van der Waals surface area contributed by atoms with E-state index in [0.717, 1.165) is 11.4 Å². The number of rotatable bonds is 6. The lowest BCUT2D eigenvalue weighted by Crippen LogP contribution is -2.13. The fraction of sp³-hybridized carbons (Fsp3) is 0.150. The summed E-state index contributed by atoms with van der Waals surface area (Å²) in [7, 11) is -2.18. The van der Waals surface area contributed by atoms with Crippen molar-refractivity contribution in [3.05, 3.63) is 71.9 Å². The molecule has 0 unspecified atom stereocenters. The van der Waals surface area contributed by atoms with Crippen LogP contribution in [0.3, 0.4) is 0 Å². The Labute approximate surface area is 159 Å². The van der Waals surface area contributed by atoms with E-state index < -0.39 is 10.0 Å². The standard InChI is InChI=1S/C20H21N3O3S/c1-14-4-5-16(12-15(14)2)22-17-6-11-20(21-13-17)23-27(24,25)19-9-7-18(26-3)8-10-19/h4-13,22H,1-3H3,(H,21,23). The molecule has 3 aromatic rings. The van der Waals surface area contributed by atoms with Crippen molar-refractivity contribution in [1.82, 2.24) is 4.98 Å². The van der Waals surface area contributed by atoms with Crippen LogP contribution in [0.2, 0.25) is 0 Å². The van der Waals surface area contributed by atoms with Gasteiger partial charge in [-0.25, -0.2) is 13.4 Å². The number of anilines is 3. The van der Waals surface area contributed by atoms with Crippen LogP contribution < -0.4 is 14.8 Å². The van der Waals surface area contributed by atoms with Gasteiger partial charge in [0.2, 0.25) is 0 Å². The topological polar surface area (TPSA) is 80.3 Å². The van der Waals surface area contributed by atoms with E-state index in [-0.39, 0.29) is 10.7 Å². The van der Waals surface area contributed by atoms with Gasteiger partial charge in [-0.15, -0.1) is 0 Å². The fourth-order valence-corrected chi connectivity index (χ4v) is 3.47. The van der Waals surface area contributed by atoms with Gasteiger partial charge in [0.1, 0.15) is 11.6 Å². The number of ether oxygens (including phenoxy) is 1. The van der Waals surface area contributed by atoms with Crippen LogP contribution >= 0.6 is 0 Å². The number of nitrogens with one attached hydrogen (secondary N) is 2. The minimum atomic E-state index is -3.71. The smallest absolute Gasteiger partial charge is 0.263 e. The number of sulfonamides is 1. The third-order valence-corrected chi connectivity index (χ3v) is 5.54. The molecule has 0 atom stereocenters. The number of aryl methyl sites for hydroxylation is 2. The van der Waals surface area contributed by atoms with E-state index in [1.54, 1.807) is 30.5 Å². The van der Waals surface area contributed by atoms with Crippen molar-refractivity contribution in [1.29, 1.82) is 0 Å². The first-order valence-electron chi connectivity index (χ1n) is 8.34. The van der Waals surface area contributed by atoms with Crippen LogP contribution in [0.25, 0.3) is 0 Å². The number of pyridine rings is 1. The molecule has 7 heteroatoms. The highest BCUT2D eigenvalue weighted by Crippen LogP contribution is 2.21. The molecule has 0 saturated carbocycles. The first-order chi connectivity index (χ1) is 12.9. The molecule has 0 fully saturated rings. The third kappa shape index (κ3) is 4.57. The van der Waals surface area contributed by atoms with Gasteiger partial charge < -0.3 is 10.1 Å². The Kier molecular flexibility index (Phi) is 5.32. The minimum Gasteiger partial charge on any atom is -0.497 e. The third-order valence-electron chi connectivity index (χ3n) is 4.17. The van der Waals surface area contributed by atoms with Crippen molar-refractivity contribution in [2.45, 2.75) is 18.7 Å². The molecule has 0 amide bonds. The Morgan fingerprint density at radius 3 is 2.19 bits per heavy atom. The summed E-state index contributed by atoms with van der Waals surface area (Å²) in [6.45, 7) is 4.11. The number of aromatic nitrogens is 1. The number of hydrogen-bond acceptors (Lipinski definition) is 5. The SMILES string of the molecule is COc1ccc(S(=O)(=O)Nc2ccc(Nc3ccc(C)c(C)c3)cn2)cc1. The molecule has 0 aliphatic carbocycles. The summed E-state index contributed by atoms with van der Waals surface area (Å²) in [5, 5.41) is 3.25. The van der Waals surface area contributed by atoms with Crippen LogP contribution in [0.1, 0.15) is 11.1 Å². The monoisotopic (exact) mass is 383 g/mol. The number of hydrogen-bond donors (Lipinski definition) is 2. The van der Waals surface area contributed by atoms with Gasteiger partial charge in [0.05, 0.1) is 23.9 Å². The van der Waals surface area contributed by atoms with E-state index in [0.29, 0.717) is 5.75 Å². The minimum absolute atomic E-state index is 0.141. The van der Waals surface area contributed by atoms with Crippen molar-refractivity contribution < 1.29 is 13.2 Å². The quantitative estimate of drug-likeness (QED) is 0.665. The van der Waals surface area contributed by atoms with E-state index in [4.69, 9.17) is 4.74 Å². The van der Waals surface area contributed by atoms with Gasteiger partial charge in [0.25, 0.3) is 10.0 Å². The van der Waals surface area contributed by atoms with Crippen LogP contribution in [0, 0.1) is 13.8 Å². The van der Waals surface area contributed by atoms with Crippen LogP contribution in [-0.4, -0.2) is 20.5 Å². The molecule has 0 spiro atoms. The van der Waals surface area contributed by atoms with Crippen molar-refractivity contribution in [3.8, 4) is 5.75 Å². The van der Waals surface area contributed by atoms with Crippen LogP contribution in [0.4, 0.5) is 17.2 Å². The number of benzene rings is 2. The Hall–Kier alpha value is -3.06. The summed E-state index contributed by atoms with van der Waals surface area (Å²) < 4.78 is 32.4. The van der Waals surface area contributed by atoms with E-state index in [9.17, 15) is 8.42 Å². The molecule has 1 heterocycles. The zero-order valence-electron chi connectivity index (χ0n) is 15.4. The summed E-state index contributed by atoms with van der Waals surface area (Å²) in [6, 6.07) is 15.6. The molecule has 0 bridgehead atoms. The summed E-state index contributed by atoms with van der Waals surface area (Å²) in [5.74, 6) is 0.838. The molecule has 6 nitrogen and oxygen atoms in total. The van der Waals surface area contributed by atoms with Gasteiger partial charge in [-0.1, -0.05) is 6.07 Å². The summed E-state index contributed by atoms with van der Waals surface area (Å²) in [4.78, 5) is 4.32. The van der Waals surface area contributed by atoms with E-state index in [1.807, 2.05) is 12.1 Å². The molecule has 0 aliphatic rings. The largest absolute Gasteiger partial charge is 0.497 e. The molecule has 3 rings (SSSR count). The lowest BCUT2D eigenvalue weighted by molar-refractivity contribution is 0.414. The van der Waals surface area contributed by atoms with Crippen molar-refractivity contribution in [2.24, 2.45) is 0 Å².